The van der Waals surface area contributed by atoms with E-state index in [9.17, 15) is 19.3 Å². The Bertz CT molecular complexity index is 734. The molecule has 1 N–H and O–H groups in total. The molecule has 0 fully saturated rings. The highest BCUT2D eigenvalue weighted by molar-refractivity contribution is 9.10. The molecule has 0 aromatic heterocycles. The number of hydrogen-bond acceptors (Lipinski definition) is 4. The lowest BCUT2D eigenvalue weighted by Crippen LogP contribution is -1.98. The van der Waals surface area contributed by atoms with Gasteiger partial charge < -0.3 is 9.84 Å². The maximum atomic E-state index is 13.0. The summed E-state index contributed by atoms with van der Waals surface area (Å²) < 4.78 is 18.8. The molecule has 8 heteroatoms. The SMILES string of the molecule is O=C(O)c1ccc(Br)c(Oc2ccc(F)cc2[N+](=O)[O-])c1. The van der Waals surface area contributed by atoms with Crippen molar-refractivity contribution in [1.29, 1.82) is 0 Å². The van der Waals surface area contributed by atoms with E-state index in [2.05, 4.69) is 15.9 Å². The number of halogens is 2. The molecule has 0 radical (unpaired) electrons. The van der Waals surface area contributed by atoms with E-state index in [-0.39, 0.29) is 17.1 Å². The molecule has 0 aliphatic heterocycles. The third kappa shape index (κ3) is 3.34. The van der Waals surface area contributed by atoms with E-state index in [1.165, 1.54) is 18.2 Å². The van der Waals surface area contributed by atoms with Gasteiger partial charge in [0.25, 0.3) is 0 Å². The molecular weight excluding hydrogens is 349 g/mol. The van der Waals surface area contributed by atoms with Crippen molar-refractivity contribution in [2.45, 2.75) is 0 Å². The number of nitrogens with zero attached hydrogens (tertiary/aromatic N) is 1. The number of hydrogen-bond donors (Lipinski definition) is 1. The van der Waals surface area contributed by atoms with Crippen molar-refractivity contribution in [3.8, 4) is 11.5 Å². The van der Waals surface area contributed by atoms with Crippen LogP contribution in [0.5, 0.6) is 11.5 Å². The molecule has 0 amide bonds. The van der Waals surface area contributed by atoms with Crippen LogP contribution in [0.4, 0.5) is 10.1 Å². The van der Waals surface area contributed by atoms with Gasteiger partial charge in [-0.1, -0.05) is 0 Å². The largest absolute Gasteiger partial charge is 0.478 e. The molecule has 0 aliphatic rings. The molecule has 6 nitrogen and oxygen atoms in total. The zero-order valence-electron chi connectivity index (χ0n) is 10.2. The van der Waals surface area contributed by atoms with Gasteiger partial charge >= 0.3 is 11.7 Å². The number of nitro benzene ring substituents is 1. The monoisotopic (exact) mass is 355 g/mol. The molecule has 2 rings (SSSR count). The summed E-state index contributed by atoms with van der Waals surface area (Å²) in [5, 5.41) is 19.8. The lowest BCUT2D eigenvalue weighted by atomic mass is 10.2. The lowest BCUT2D eigenvalue weighted by Gasteiger charge is -2.09. The first-order valence-corrected chi connectivity index (χ1v) is 6.32. The highest BCUT2D eigenvalue weighted by atomic mass is 79.9. The summed E-state index contributed by atoms with van der Waals surface area (Å²) in [7, 11) is 0. The third-order valence-electron chi connectivity index (χ3n) is 2.52. The fourth-order valence-electron chi connectivity index (χ4n) is 1.55. The Kier molecular flexibility index (Phi) is 4.18. The van der Waals surface area contributed by atoms with Crippen LogP contribution < -0.4 is 4.74 Å². The van der Waals surface area contributed by atoms with Crippen molar-refractivity contribution in [1.82, 2.24) is 0 Å². The Balaban J connectivity index is 2.45. The van der Waals surface area contributed by atoms with E-state index in [0.717, 1.165) is 18.2 Å². The molecule has 0 saturated carbocycles. The molecule has 2 aromatic rings. The van der Waals surface area contributed by atoms with Crippen LogP contribution >= 0.6 is 15.9 Å². The summed E-state index contributed by atoms with van der Waals surface area (Å²) in [6.45, 7) is 0. The Morgan fingerprint density at radius 1 is 1.24 bits per heavy atom. The molecule has 0 atom stereocenters. The van der Waals surface area contributed by atoms with Crippen LogP contribution in [0, 0.1) is 15.9 Å². The second-order valence-electron chi connectivity index (χ2n) is 3.92. The smallest absolute Gasteiger partial charge is 0.335 e. The van der Waals surface area contributed by atoms with Crippen LogP contribution in [-0.2, 0) is 0 Å². The molecule has 108 valence electrons. The first kappa shape index (κ1) is 14.9. The quantitative estimate of drug-likeness (QED) is 0.661. The molecule has 21 heavy (non-hydrogen) atoms. The maximum Gasteiger partial charge on any atom is 0.335 e. The minimum atomic E-state index is -1.17. The first-order valence-electron chi connectivity index (χ1n) is 5.53. The summed E-state index contributed by atoms with van der Waals surface area (Å²) >= 11 is 3.15. The standard InChI is InChI=1S/C13H7BrFNO5/c14-9-3-1-7(13(17)18)5-12(9)21-11-4-2-8(15)6-10(11)16(19)20/h1-6H,(H,17,18). The van der Waals surface area contributed by atoms with Crippen LogP contribution in [0.2, 0.25) is 0 Å². The Labute approximate surface area is 126 Å². The second kappa shape index (κ2) is 5.88. The summed E-state index contributed by atoms with van der Waals surface area (Å²) in [4.78, 5) is 21.0. The van der Waals surface area contributed by atoms with E-state index >= 15 is 0 Å². The van der Waals surface area contributed by atoms with E-state index in [0.29, 0.717) is 4.47 Å². The Hall–Kier alpha value is -2.48. The Morgan fingerprint density at radius 3 is 2.57 bits per heavy atom. The van der Waals surface area contributed by atoms with Crippen molar-refractivity contribution in [3.63, 3.8) is 0 Å². The number of carboxylic acid groups (broad SMARTS) is 1. The third-order valence-corrected chi connectivity index (χ3v) is 3.17. The highest BCUT2D eigenvalue weighted by Gasteiger charge is 2.18. The van der Waals surface area contributed by atoms with E-state index in [1.54, 1.807) is 0 Å². The first-order chi connectivity index (χ1) is 9.88. The average Bonchev–Trinajstić information content (AvgIpc) is 2.42. The van der Waals surface area contributed by atoms with E-state index in [4.69, 9.17) is 9.84 Å². The fourth-order valence-corrected chi connectivity index (χ4v) is 1.88. The normalized spacial score (nSPS) is 10.2. The molecular formula is C13H7BrFNO5. The van der Waals surface area contributed by atoms with Gasteiger partial charge in [-0.05, 0) is 46.3 Å². The van der Waals surface area contributed by atoms with Crippen LogP contribution in [0.1, 0.15) is 10.4 Å². The van der Waals surface area contributed by atoms with Gasteiger partial charge in [0, 0.05) is 0 Å². The lowest BCUT2D eigenvalue weighted by molar-refractivity contribution is -0.385. The van der Waals surface area contributed by atoms with Gasteiger partial charge in [-0.2, -0.15) is 0 Å². The van der Waals surface area contributed by atoms with Crippen molar-refractivity contribution in [3.05, 3.63) is 62.4 Å². The van der Waals surface area contributed by atoms with E-state index in [1.807, 2.05) is 0 Å². The molecule has 0 bridgehead atoms. The Morgan fingerprint density at radius 2 is 1.95 bits per heavy atom. The minimum absolute atomic E-state index is 0.0436. The molecule has 0 spiro atoms. The van der Waals surface area contributed by atoms with Gasteiger partial charge in [-0.15, -0.1) is 0 Å². The van der Waals surface area contributed by atoms with Crippen molar-refractivity contribution < 1.29 is 24.0 Å². The predicted molar refractivity (Wildman–Crippen MR) is 74.2 cm³/mol. The molecule has 0 aliphatic carbocycles. The zero-order chi connectivity index (χ0) is 15.6. The number of benzene rings is 2. The topological polar surface area (TPSA) is 89.7 Å². The second-order valence-corrected chi connectivity index (χ2v) is 4.78. The fraction of sp³-hybridized carbons (Fsp3) is 0. The van der Waals surface area contributed by atoms with Crippen LogP contribution in [0.15, 0.2) is 40.9 Å². The van der Waals surface area contributed by atoms with Gasteiger partial charge in [0.2, 0.25) is 5.75 Å². The number of ether oxygens (including phenoxy) is 1. The van der Waals surface area contributed by atoms with Gasteiger partial charge in [0.1, 0.15) is 11.6 Å². The number of aromatic carboxylic acids is 1. The zero-order valence-corrected chi connectivity index (χ0v) is 11.8. The predicted octanol–water partition coefficient (Wildman–Crippen LogP) is 3.99. The number of carbonyl (C=O) groups is 1. The van der Waals surface area contributed by atoms with Gasteiger partial charge in [-0.3, -0.25) is 10.1 Å². The van der Waals surface area contributed by atoms with Gasteiger partial charge in [0.05, 0.1) is 21.0 Å². The minimum Gasteiger partial charge on any atom is -0.478 e. The maximum absolute atomic E-state index is 13.0. The molecule has 0 heterocycles. The van der Waals surface area contributed by atoms with Crippen LogP contribution in [0.25, 0.3) is 0 Å². The average molecular weight is 356 g/mol. The molecule has 0 saturated heterocycles. The van der Waals surface area contributed by atoms with E-state index < -0.39 is 22.4 Å². The highest BCUT2D eigenvalue weighted by Crippen LogP contribution is 2.35. The number of carboxylic acids is 1. The number of rotatable bonds is 4. The van der Waals surface area contributed by atoms with Crippen LogP contribution in [0.3, 0.4) is 0 Å². The molecule has 2 aromatic carbocycles. The summed E-state index contributed by atoms with van der Waals surface area (Å²) in [5.41, 5.74) is -0.597. The summed E-state index contributed by atoms with van der Waals surface area (Å²) in [6, 6.07) is 6.83. The van der Waals surface area contributed by atoms with Gasteiger partial charge in [0.15, 0.2) is 0 Å². The number of nitro groups is 1. The summed E-state index contributed by atoms with van der Waals surface area (Å²) in [5.74, 6) is -2.05. The van der Waals surface area contributed by atoms with Gasteiger partial charge in [-0.25, -0.2) is 9.18 Å². The van der Waals surface area contributed by atoms with Crippen molar-refractivity contribution in [2.75, 3.05) is 0 Å². The summed E-state index contributed by atoms with van der Waals surface area (Å²) in [6.07, 6.45) is 0. The van der Waals surface area contributed by atoms with Crippen molar-refractivity contribution in [2.24, 2.45) is 0 Å². The van der Waals surface area contributed by atoms with Crippen molar-refractivity contribution >= 4 is 27.6 Å². The molecule has 0 unspecified atom stereocenters. The van der Waals surface area contributed by atoms with Crippen LogP contribution in [-0.4, -0.2) is 16.0 Å².